The van der Waals surface area contributed by atoms with E-state index in [-0.39, 0.29) is 17.5 Å². The summed E-state index contributed by atoms with van der Waals surface area (Å²) in [5.74, 6) is 1.34. The molecule has 3 aromatic heterocycles. The summed E-state index contributed by atoms with van der Waals surface area (Å²) in [6, 6.07) is 19.5. The molecule has 1 saturated heterocycles. The van der Waals surface area contributed by atoms with Gasteiger partial charge in [-0.25, -0.2) is 9.97 Å². The summed E-state index contributed by atoms with van der Waals surface area (Å²) in [4.78, 5) is 38.8. The number of benzene rings is 2. The van der Waals surface area contributed by atoms with Crippen molar-refractivity contribution < 1.29 is 9.90 Å². The van der Waals surface area contributed by atoms with Gasteiger partial charge in [0.25, 0.3) is 0 Å². The predicted molar refractivity (Wildman–Crippen MR) is 167 cm³/mol. The average Bonchev–Trinajstić information content (AvgIpc) is 3.45. The SMILES string of the molecule is CC(=O)N1CCN(c2nc(-c3cnn(CC(C)(C)O)c3)nc3ccc(-c4ccc(=O)n(C)c4)cc23)C(c2ccccc2)C1. The predicted octanol–water partition coefficient (Wildman–Crippen LogP) is 4.04. The molecule has 0 saturated carbocycles. The first-order valence-corrected chi connectivity index (χ1v) is 14.4. The fraction of sp³-hybridized carbons (Fsp3) is 0.303. The van der Waals surface area contributed by atoms with Crippen LogP contribution in [0.4, 0.5) is 5.82 Å². The lowest BCUT2D eigenvalue weighted by Crippen LogP contribution is -2.50. The van der Waals surface area contributed by atoms with Gasteiger partial charge in [-0.05, 0) is 48.7 Å². The Morgan fingerprint density at radius 3 is 2.47 bits per heavy atom. The van der Waals surface area contributed by atoms with Gasteiger partial charge in [-0.3, -0.25) is 14.3 Å². The molecule has 10 nitrogen and oxygen atoms in total. The number of anilines is 1. The number of piperazine rings is 1. The Hall–Kier alpha value is -4.83. The molecule has 1 N–H and O–H groups in total. The first-order valence-electron chi connectivity index (χ1n) is 14.4. The quantitative estimate of drug-likeness (QED) is 0.324. The van der Waals surface area contributed by atoms with E-state index in [1.54, 1.807) is 49.3 Å². The monoisotopic (exact) mass is 577 g/mol. The van der Waals surface area contributed by atoms with Gasteiger partial charge in [-0.15, -0.1) is 0 Å². The Morgan fingerprint density at radius 1 is 0.977 bits per heavy atom. The summed E-state index contributed by atoms with van der Waals surface area (Å²) >= 11 is 0. The molecule has 5 aromatic rings. The van der Waals surface area contributed by atoms with Gasteiger partial charge < -0.3 is 19.5 Å². The lowest BCUT2D eigenvalue weighted by molar-refractivity contribution is -0.129. The zero-order valence-electron chi connectivity index (χ0n) is 24.8. The smallest absolute Gasteiger partial charge is 0.250 e. The maximum absolute atomic E-state index is 12.5. The van der Waals surface area contributed by atoms with E-state index in [2.05, 4.69) is 28.2 Å². The van der Waals surface area contributed by atoms with Crippen LogP contribution in [0.25, 0.3) is 33.4 Å². The van der Waals surface area contributed by atoms with Gasteiger partial charge in [0, 0.05) is 57.5 Å². The van der Waals surface area contributed by atoms with Crippen molar-refractivity contribution in [2.75, 3.05) is 24.5 Å². The molecule has 0 bridgehead atoms. The molecule has 10 heteroatoms. The van der Waals surface area contributed by atoms with Crippen LogP contribution in [0, 0.1) is 0 Å². The molecule has 1 fully saturated rings. The van der Waals surface area contributed by atoms with Gasteiger partial charge in [0.05, 0.1) is 35.5 Å². The number of hydrogen-bond acceptors (Lipinski definition) is 7. The van der Waals surface area contributed by atoms with Crippen LogP contribution < -0.4 is 10.5 Å². The second-order valence-electron chi connectivity index (χ2n) is 11.8. The number of nitrogens with zero attached hydrogens (tertiary/aromatic N) is 7. The maximum atomic E-state index is 12.5. The molecular weight excluding hydrogens is 542 g/mol. The van der Waals surface area contributed by atoms with Gasteiger partial charge >= 0.3 is 0 Å². The molecule has 0 radical (unpaired) electrons. The molecule has 220 valence electrons. The van der Waals surface area contributed by atoms with E-state index in [1.807, 2.05) is 53.7 Å². The largest absolute Gasteiger partial charge is 0.389 e. The lowest BCUT2D eigenvalue weighted by Gasteiger charge is -2.42. The molecular formula is C33H35N7O3. The Labute approximate surface area is 249 Å². The van der Waals surface area contributed by atoms with Crippen LogP contribution in [0.1, 0.15) is 32.4 Å². The summed E-state index contributed by atoms with van der Waals surface area (Å²) in [5.41, 5.74) is 3.46. The highest BCUT2D eigenvalue weighted by molar-refractivity contribution is 5.94. The van der Waals surface area contributed by atoms with E-state index in [1.165, 1.54) is 0 Å². The van der Waals surface area contributed by atoms with E-state index in [9.17, 15) is 14.7 Å². The number of hydrogen-bond donors (Lipinski definition) is 1. The minimum Gasteiger partial charge on any atom is -0.389 e. The minimum absolute atomic E-state index is 0.0463. The first kappa shape index (κ1) is 28.3. The van der Waals surface area contributed by atoms with Gasteiger partial charge in [0.2, 0.25) is 11.5 Å². The number of aliphatic hydroxyl groups is 1. The van der Waals surface area contributed by atoms with Crippen molar-refractivity contribution in [2.24, 2.45) is 7.05 Å². The van der Waals surface area contributed by atoms with Crippen LogP contribution in [-0.4, -0.2) is 65.5 Å². The molecule has 6 rings (SSSR count). The second-order valence-corrected chi connectivity index (χ2v) is 11.8. The van der Waals surface area contributed by atoms with E-state index in [0.29, 0.717) is 32.0 Å². The molecule has 0 aliphatic carbocycles. The maximum Gasteiger partial charge on any atom is 0.250 e. The van der Waals surface area contributed by atoms with Crippen LogP contribution in [0.3, 0.4) is 0 Å². The molecule has 1 atom stereocenters. The Balaban J connectivity index is 1.53. The third-order valence-electron chi connectivity index (χ3n) is 7.82. The summed E-state index contributed by atoms with van der Waals surface area (Å²) in [6.45, 7) is 7.12. The van der Waals surface area contributed by atoms with Gasteiger partial charge in [0.15, 0.2) is 5.82 Å². The van der Waals surface area contributed by atoms with Crippen LogP contribution in [-0.2, 0) is 18.4 Å². The van der Waals surface area contributed by atoms with Crippen LogP contribution in [0.2, 0.25) is 0 Å². The standard InChI is InChI=1S/C33H35N7O3/c1-22(41)38-14-15-40(29(20-38)23-8-6-5-7-9-23)32-27-16-24(25-11-13-30(42)37(4)18-25)10-12-28(27)35-31(36-32)26-17-34-39(19-26)21-33(2,3)43/h5-13,16-19,29,43H,14-15,20-21H2,1-4H3. The summed E-state index contributed by atoms with van der Waals surface area (Å²) < 4.78 is 3.27. The fourth-order valence-corrected chi connectivity index (χ4v) is 5.65. The number of aromatic nitrogens is 5. The summed E-state index contributed by atoms with van der Waals surface area (Å²) in [6.07, 6.45) is 5.40. The number of carbonyl (C=O) groups excluding carboxylic acids is 1. The Morgan fingerprint density at radius 2 is 1.74 bits per heavy atom. The molecule has 43 heavy (non-hydrogen) atoms. The minimum atomic E-state index is -0.921. The number of aryl methyl sites for hydroxylation is 1. The van der Waals surface area contributed by atoms with Crippen LogP contribution in [0.5, 0.6) is 0 Å². The molecule has 1 amide bonds. The van der Waals surface area contributed by atoms with Crippen LogP contribution in [0.15, 0.2) is 84.0 Å². The second kappa shape index (κ2) is 11.1. The number of amides is 1. The van der Waals surface area contributed by atoms with E-state index in [4.69, 9.17) is 9.97 Å². The van der Waals surface area contributed by atoms with Crippen molar-refractivity contribution in [1.29, 1.82) is 0 Å². The van der Waals surface area contributed by atoms with Crippen molar-refractivity contribution >= 4 is 22.6 Å². The number of pyridine rings is 1. The highest BCUT2D eigenvalue weighted by Crippen LogP contribution is 2.37. The molecule has 1 aliphatic rings. The lowest BCUT2D eigenvalue weighted by atomic mass is 10.0. The van der Waals surface area contributed by atoms with Crippen molar-refractivity contribution in [3.8, 4) is 22.5 Å². The molecule has 1 unspecified atom stereocenters. The van der Waals surface area contributed by atoms with Gasteiger partial charge in [-0.2, -0.15) is 5.10 Å². The normalized spacial score (nSPS) is 15.7. The third kappa shape index (κ3) is 5.91. The number of rotatable bonds is 6. The molecule has 2 aromatic carbocycles. The molecule has 4 heterocycles. The summed E-state index contributed by atoms with van der Waals surface area (Å²) in [5, 5.41) is 15.6. The zero-order valence-corrected chi connectivity index (χ0v) is 24.8. The fourth-order valence-electron chi connectivity index (χ4n) is 5.65. The van der Waals surface area contributed by atoms with Crippen molar-refractivity contribution in [3.05, 3.63) is 95.2 Å². The van der Waals surface area contributed by atoms with Crippen LogP contribution >= 0.6 is 0 Å². The van der Waals surface area contributed by atoms with Gasteiger partial charge in [0.1, 0.15) is 5.82 Å². The van der Waals surface area contributed by atoms with E-state index in [0.717, 1.165) is 39.0 Å². The Bertz CT molecular complexity index is 1860. The number of fused-ring (bicyclic) bond motifs is 1. The van der Waals surface area contributed by atoms with Crippen molar-refractivity contribution in [3.63, 3.8) is 0 Å². The average molecular weight is 578 g/mol. The summed E-state index contributed by atoms with van der Waals surface area (Å²) in [7, 11) is 1.74. The first-order chi connectivity index (χ1) is 20.6. The molecule has 1 aliphatic heterocycles. The number of carbonyl (C=O) groups is 1. The van der Waals surface area contributed by atoms with Gasteiger partial charge in [-0.1, -0.05) is 36.4 Å². The highest BCUT2D eigenvalue weighted by Gasteiger charge is 2.32. The van der Waals surface area contributed by atoms with Crippen molar-refractivity contribution in [2.45, 2.75) is 39.0 Å². The zero-order chi connectivity index (χ0) is 30.3. The molecule has 0 spiro atoms. The highest BCUT2D eigenvalue weighted by atomic mass is 16.3. The topological polar surface area (TPSA) is 109 Å². The van der Waals surface area contributed by atoms with E-state index < -0.39 is 5.60 Å². The van der Waals surface area contributed by atoms with Crippen molar-refractivity contribution in [1.82, 2.24) is 29.2 Å². The third-order valence-corrected chi connectivity index (χ3v) is 7.82. The Kier molecular flexibility index (Phi) is 7.31. The van der Waals surface area contributed by atoms with E-state index >= 15 is 0 Å².